The van der Waals surface area contributed by atoms with Crippen LogP contribution in [0.5, 0.6) is 11.5 Å². The Morgan fingerprint density at radius 3 is 2.87 bits per heavy atom. The van der Waals surface area contributed by atoms with Gasteiger partial charge >= 0.3 is 0 Å². The molecule has 160 valence electrons. The highest BCUT2D eigenvalue weighted by Crippen LogP contribution is 2.31. The number of hydrogen-bond donors (Lipinski definition) is 1. The molecular weight excluding hydrogens is 400 g/mol. The van der Waals surface area contributed by atoms with Crippen molar-refractivity contribution in [2.24, 2.45) is 10.1 Å². The number of ether oxygens (including phenoxy) is 3. The standard InChI is InChI=1S/C22H28N4O3S/c1-14(11-27-4)23-22-25-24-19(13-30-22)18-9-15(2)26(16(18)3)10-17-12-28-20-7-5-6-8-21(20)29-17/h5-9,14,17H,10-13H2,1-4H3,(H,23,25)/t14-,17-/m0/s1. The van der Waals surface area contributed by atoms with E-state index in [0.29, 0.717) is 13.2 Å². The highest BCUT2D eigenvalue weighted by atomic mass is 32.2. The number of amidine groups is 1. The van der Waals surface area contributed by atoms with Gasteiger partial charge in [-0.1, -0.05) is 23.9 Å². The number of thioether (sulfide) groups is 1. The number of nitrogens with zero attached hydrogens (tertiary/aromatic N) is 3. The summed E-state index contributed by atoms with van der Waals surface area (Å²) in [5, 5.41) is 5.43. The number of aromatic nitrogens is 1. The van der Waals surface area contributed by atoms with Crippen LogP contribution in [0.2, 0.25) is 0 Å². The molecule has 1 aromatic heterocycles. The lowest BCUT2D eigenvalue weighted by Crippen LogP contribution is -2.33. The zero-order chi connectivity index (χ0) is 21.1. The van der Waals surface area contributed by atoms with Crippen molar-refractivity contribution < 1.29 is 14.2 Å². The van der Waals surface area contributed by atoms with Crippen molar-refractivity contribution in [3.05, 3.63) is 47.3 Å². The number of rotatable bonds is 6. The minimum atomic E-state index is -0.0284. The molecule has 0 saturated heterocycles. The predicted octanol–water partition coefficient (Wildman–Crippen LogP) is 3.38. The molecule has 0 unspecified atom stereocenters. The van der Waals surface area contributed by atoms with E-state index in [2.05, 4.69) is 40.0 Å². The van der Waals surface area contributed by atoms with Gasteiger partial charge in [-0.3, -0.25) is 10.4 Å². The molecule has 1 aromatic carbocycles. The van der Waals surface area contributed by atoms with Gasteiger partial charge in [0.1, 0.15) is 6.61 Å². The van der Waals surface area contributed by atoms with Gasteiger partial charge in [0.2, 0.25) is 0 Å². The molecular formula is C22H28N4O3S. The van der Waals surface area contributed by atoms with Gasteiger partial charge in [0.25, 0.3) is 0 Å². The maximum Gasteiger partial charge on any atom is 0.177 e. The number of aryl methyl sites for hydroxylation is 1. The van der Waals surface area contributed by atoms with Gasteiger partial charge in [-0.25, -0.2) is 0 Å². The number of benzene rings is 1. The first-order chi connectivity index (χ1) is 14.5. The molecule has 2 aromatic rings. The molecule has 0 saturated carbocycles. The van der Waals surface area contributed by atoms with Crippen LogP contribution in [0.25, 0.3) is 0 Å². The summed E-state index contributed by atoms with van der Waals surface area (Å²) in [6.07, 6.45) is -0.0284. The summed E-state index contributed by atoms with van der Waals surface area (Å²) in [6.45, 7) is 8.17. The van der Waals surface area contributed by atoms with Crippen LogP contribution in [0.15, 0.2) is 40.4 Å². The summed E-state index contributed by atoms with van der Waals surface area (Å²) in [4.78, 5) is 4.60. The number of hydrazone groups is 1. The summed E-state index contributed by atoms with van der Waals surface area (Å²) < 4.78 is 19.5. The molecule has 0 aliphatic carbocycles. The smallest absolute Gasteiger partial charge is 0.177 e. The Kier molecular flexibility index (Phi) is 6.34. The van der Waals surface area contributed by atoms with E-state index in [9.17, 15) is 0 Å². The summed E-state index contributed by atoms with van der Waals surface area (Å²) in [7, 11) is 1.69. The maximum atomic E-state index is 6.15. The summed E-state index contributed by atoms with van der Waals surface area (Å²) in [5.41, 5.74) is 7.66. The van der Waals surface area contributed by atoms with Gasteiger partial charge in [-0.05, 0) is 39.0 Å². The molecule has 2 aliphatic heterocycles. The molecule has 7 nitrogen and oxygen atoms in total. The molecule has 1 N–H and O–H groups in total. The number of fused-ring (bicyclic) bond motifs is 1. The fraction of sp³-hybridized carbons (Fsp3) is 0.455. The van der Waals surface area contributed by atoms with E-state index < -0.39 is 0 Å². The lowest BCUT2D eigenvalue weighted by atomic mass is 10.1. The van der Waals surface area contributed by atoms with E-state index in [-0.39, 0.29) is 12.1 Å². The Morgan fingerprint density at radius 2 is 2.13 bits per heavy atom. The highest BCUT2D eigenvalue weighted by Gasteiger charge is 2.24. The zero-order valence-electron chi connectivity index (χ0n) is 17.8. The first-order valence-corrected chi connectivity index (χ1v) is 11.1. The van der Waals surface area contributed by atoms with Crippen LogP contribution in [0, 0.1) is 13.8 Å². The van der Waals surface area contributed by atoms with Gasteiger partial charge < -0.3 is 18.8 Å². The Bertz CT molecular complexity index is 969. The van der Waals surface area contributed by atoms with Gasteiger partial charge in [-0.15, -0.1) is 0 Å². The van der Waals surface area contributed by atoms with E-state index in [1.54, 1.807) is 18.9 Å². The third-order valence-electron chi connectivity index (χ3n) is 5.22. The lowest BCUT2D eigenvalue weighted by Gasteiger charge is -2.27. The molecule has 30 heavy (non-hydrogen) atoms. The van der Waals surface area contributed by atoms with Crippen LogP contribution in [0.4, 0.5) is 0 Å². The average Bonchev–Trinajstić information content (AvgIpc) is 3.03. The Labute approximate surface area is 181 Å². The molecule has 0 amide bonds. The van der Waals surface area contributed by atoms with Crippen LogP contribution in [-0.4, -0.2) is 53.7 Å². The Morgan fingerprint density at radius 1 is 1.33 bits per heavy atom. The topological polar surface area (TPSA) is 69.4 Å². The van der Waals surface area contributed by atoms with E-state index in [1.165, 1.54) is 11.4 Å². The van der Waals surface area contributed by atoms with Gasteiger partial charge in [0.15, 0.2) is 22.8 Å². The Hall–Kier alpha value is -2.45. The van der Waals surface area contributed by atoms with Gasteiger partial charge in [0, 0.05) is 29.8 Å². The summed E-state index contributed by atoms with van der Waals surface area (Å²) in [6, 6.07) is 10.1. The first kappa shape index (κ1) is 20.8. The number of methoxy groups -OCH3 is 1. The second kappa shape index (κ2) is 9.14. The van der Waals surface area contributed by atoms with Gasteiger partial charge in [-0.2, -0.15) is 5.10 Å². The minimum Gasteiger partial charge on any atom is -0.486 e. The van der Waals surface area contributed by atoms with Gasteiger partial charge in [0.05, 0.1) is 24.9 Å². The molecule has 2 aliphatic rings. The summed E-state index contributed by atoms with van der Waals surface area (Å²) >= 11 is 1.67. The third kappa shape index (κ3) is 4.49. The SMILES string of the molecule is COC[C@H](C)N=C1NN=C(c2cc(C)n(C[C@H]3COc4ccccc4O3)c2C)CS1. The number of aliphatic imine (C=N–C) groups is 1. The number of para-hydroxylation sites is 2. The molecule has 8 heteroatoms. The van der Waals surface area contributed by atoms with Crippen LogP contribution in [0.1, 0.15) is 23.9 Å². The second-order valence-corrected chi connectivity index (χ2v) is 8.55. The van der Waals surface area contributed by atoms with Crippen molar-refractivity contribution in [3.8, 4) is 11.5 Å². The van der Waals surface area contributed by atoms with Crippen LogP contribution >= 0.6 is 11.8 Å². The van der Waals surface area contributed by atoms with E-state index in [1.807, 2.05) is 31.2 Å². The number of hydrogen-bond acceptors (Lipinski definition) is 6. The monoisotopic (exact) mass is 428 g/mol. The van der Waals surface area contributed by atoms with E-state index in [4.69, 9.17) is 14.2 Å². The van der Waals surface area contributed by atoms with E-state index >= 15 is 0 Å². The Balaban J connectivity index is 1.46. The fourth-order valence-corrected chi connectivity index (χ4v) is 4.59. The minimum absolute atomic E-state index is 0.0284. The average molecular weight is 429 g/mol. The quantitative estimate of drug-likeness (QED) is 0.764. The van der Waals surface area contributed by atoms with Crippen LogP contribution in [-0.2, 0) is 11.3 Å². The van der Waals surface area contributed by atoms with Crippen molar-refractivity contribution in [2.75, 3.05) is 26.1 Å². The third-order valence-corrected chi connectivity index (χ3v) is 6.10. The summed E-state index contributed by atoms with van der Waals surface area (Å²) in [5.74, 6) is 2.40. The van der Waals surface area contributed by atoms with Crippen LogP contribution < -0.4 is 14.9 Å². The molecule has 0 radical (unpaired) electrons. The van der Waals surface area contributed by atoms with Crippen molar-refractivity contribution in [3.63, 3.8) is 0 Å². The van der Waals surface area contributed by atoms with Crippen molar-refractivity contribution in [2.45, 2.75) is 39.5 Å². The zero-order valence-corrected chi connectivity index (χ0v) is 18.7. The van der Waals surface area contributed by atoms with Crippen molar-refractivity contribution >= 4 is 22.6 Å². The molecule has 3 heterocycles. The van der Waals surface area contributed by atoms with Crippen molar-refractivity contribution in [1.82, 2.24) is 9.99 Å². The van der Waals surface area contributed by atoms with E-state index in [0.717, 1.165) is 40.2 Å². The molecule has 2 atom stereocenters. The first-order valence-electron chi connectivity index (χ1n) is 10.1. The predicted molar refractivity (Wildman–Crippen MR) is 121 cm³/mol. The fourth-order valence-electron chi connectivity index (χ4n) is 3.73. The molecule has 4 rings (SSSR count). The normalized spacial score (nSPS) is 20.6. The lowest BCUT2D eigenvalue weighted by molar-refractivity contribution is 0.0778. The molecule has 0 bridgehead atoms. The maximum absolute atomic E-state index is 6.15. The number of nitrogens with one attached hydrogen (secondary N) is 1. The largest absolute Gasteiger partial charge is 0.486 e. The highest BCUT2D eigenvalue weighted by molar-refractivity contribution is 8.14. The van der Waals surface area contributed by atoms with Crippen LogP contribution in [0.3, 0.4) is 0 Å². The second-order valence-electron chi connectivity index (χ2n) is 7.59. The molecule has 0 fully saturated rings. The molecule has 0 spiro atoms. The van der Waals surface area contributed by atoms with Crippen molar-refractivity contribution in [1.29, 1.82) is 0 Å².